The van der Waals surface area contributed by atoms with E-state index in [1.165, 1.54) is 18.2 Å². The van der Waals surface area contributed by atoms with Crippen LogP contribution in [0.25, 0.3) is 0 Å². The lowest BCUT2D eigenvalue weighted by atomic mass is 10.1. The van der Waals surface area contributed by atoms with Crippen molar-refractivity contribution in [2.45, 2.75) is 32.6 Å². The minimum Gasteiger partial charge on any atom is -0.453 e. The molecule has 0 saturated carbocycles. The lowest BCUT2D eigenvalue weighted by Gasteiger charge is -2.22. The summed E-state index contributed by atoms with van der Waals surface area (Å²) in [4.78, 5) is 27.3. The summed E-state index contributed by atoms with van der Waals surface area (Å²) < 4.78 is 4.50. The largest absolute Gasteiger partial charge is 0.453 e. The number of carbonyl (C=O) groups is 2. The van der Waals surface area contributed by atoms with Crippen LogP contribution in [0, 0.1) is 0 Å². The van der Waals surface area contributed by atoms with Gasteiger partial charge in [-0.15, -0.1) is 0 Å². The van der Waals surface area contributed by atoms with Gasteiger partial charge >= 0.3 is 6.09 Å². The molecule has 0 aliphatic carbocycles. The van der Waals surface area contributed by atoms with Crippen LogP contribution in [0.3, 0.4) is 0 Å². The maximum absolute atomic E-state index is 12.2. The molecule has 0 saturated heterocycles. The normalized spacial score (nSPS) is 15.1. The Bertz CT molecular complexity index is 574. The van der Waals surface area contributed by atoms with E-state index in [1.807, 2.05) is 0 Å². The fourth-order valence-electron chi connectivity index (χ4n) is 2.70. The summed E-state index contributed by atoms with van der Waals surface area (Å²) in [5, 5.41) is 2.48. The Kier molecular flexibility index (Phi) is 5.03. The first-order chi connectivity index (χ1) is 10.4. The van der Waals surface area contributed by atoms with E-state index in [9.17, 15) is 9.59 Å². The Hall–Kier alpha value is -2.08. The molecule has 0 radical (unpaired) electrons. The van der Waals surface area contributed by atoms with Crippen molar-refractivity contribution in [1.82, 2.24) is 15.1 Å². The summed E-state index contributed by atoms with van der Waals surface area (Å²) in [6.45, 7) is 4.09. The van der Waals surface area contributed by atoms with Crippen LogP contribution in [0.2, 0.25) is 0 Å². The van der Waals surface area contributed by atoms with Gasteiger partial charge in [0.05, 0.1) is 7.11 Å². The number of hydrogen-bond donors (Lipinski definition) is 1. The number of methoxy groups -OCH3 is 1. The van der Waals surface area contributed by atoms with Crippen LogP contribution in [0.5, 0.6) is 0 Å². The zero-order valence-electron chi connectivity index (χ0n) is 13.5. The predicted octanol–water partition coefficient (Wildman–Crippen LogP) is 1.33. The summed E-state index contributed by atoms with van der Waals surface area (Å²) in [7, 11) is 5.10. The Labute approximate surface area is 131 Å². The zero-order valence-corrected chi connectivity index (χ0v) is 13.5. The van der Waals surface area contributed by atoms with Crippen LogP contribution < -0.4 is 5.32 Å². The SMILES string of the molecule is COC(=O)NC(C)C(=O)N(C)Cc1ccc2c(c1)CN(C)C2. The first-order valence-electron chi connectivity index (χ1n) is 7.29. The predicted molar refractivity (Wildman–Crippen MR) is 83.1 cm³/mol. The molecule has 0 fully saturated rings. The van der Waals surface area contributed by atoms with Gasteiger partial charge in [0.2, 0.25) is 5.91 Å². The van der Waals surface area contributed by atoms with Crippen molar-refractivity contribution in [1.29, 1.82) is 0 Å². The van der Waals surface area contributed by atoms with Crippen LogP contribution in [-0.2, 0) is 29.2 Å². The van der Waals surface area contributed by atoms with Crippen molar-refractivity contribution in [3.05, 3.63) is 34.9 Å². The van der Waals surface area contributed by atoms with Gasteiger partial charge in [-0.25, -0.2) is 4.79 Å². The highest BCUT2D eigenvalue weighted by atomic mass is 16.5. The molecule has 2 rings (SSSR count). The minimum atomic E-state index is -0.613. The number of fused-ring (bicyclic) bond motifs is 1. The molecule has 1 heterocycles. The Balaban J connectivity index is 1.97. The van der Waals surface area contributed by atoms with Crippen molar-refractivity contribution in [3.8, 4) is 0 Å². The first-order valence-corrected chi connectivity index (χ1v) is 7.29. The number of alkyl carbamates (subject to hydrolysis) is 1. The van der Waals surface area contributed by atoms with E-state index in [0.29, 0.717) is 6.54 Å². The fraction of sp³-hybridized carbons (Fsp3) is 0.500. The third kappa shape index (κ3) is 3.76. The Morgan fingerprint density at radius 3 is 2.73 bits per heavy atom. The van der Waals surface area contributed by atoms with Crippen molar-refractivity contribution in [3.63, 3.8) is 0 Å². The van der Waals surface area contributed by atoms with E-state index in [0.717, 1.165) is 18.7 Å². The maximum Gasteiger partial charge on any atom is 0.407 e. The number of hydrogen-bond acceptors (Lipinski definition) is 4. The van der Waals surface area contributed by atoms with Gasteiger partial charge in [-0.3, -0.25) is 9.69 Å². The molecular formula is C16H23N3O3. The van der Waals surface area contributed by atoms with E-state index in [1.54, 1.807) is 18.9 Å². The Morgan fingerprint density at radius 1 is 1.36 bits per heavy atom. The average Bonchev–Trinajstić information content (AvgIpc) is 2.85. The van der Waals surface area contributed by atoms with E-state index in [2.05, 4.69) is 40.2 Å². The standard InChI is InChI=1S/C16H23N3O3/c1-11(17-16(21)22-4)15(20)19(3)8-12-5-6-13-9-18(2)10-14(13)7-12/h5-7,11H,8-10H2,1-4H3,(H,17,21). The molecule has 1 aliphatic heterocycles. The summed E-state index contributed by atoms with van der Waals surface area (Å²) >= 11 is 0. The van der Waals surface area contributed by atoms with Crippen molar-refractivity contribution >= 4 is 12.0 Å². The number of likely N-dealkylation sites (N-methyl/N-ethyl adjacent to an activating group) is 1. The second kappa shape index (κ2) is 6.79. The van der Waals surface area contributed by atoms with Crippen molar-refractivity contribution < 1.29 is 14.3 Å². The molecule has 1 N–H and O–H groups in total. The molecule has 1 aromatic carbocycles. The van der Waals surface area contributed by atoms with Crippen LogP contribution in [0.4, 0.5) is 4.79 Å². The van der Waals surface area contributed by atoms with Gasteiger partial charge in [0, 0.05) is 26.7 Å². The van der Waals surface area contributed by atoms with Crippen molar-refractivity contribution in [2.24, 2.45) is 0 Å². The summed E-state index contributed by atoms with van der Waals surface area (Å²) in [5.41, 5.74) is 3.76. The number of ether oxygens (including phenoxy) is 1. The van der Waals surface area contributed by atoms with E-state index >= 15 is 0 Å². The highest BCUT2D eigenvalue weighted by molar-refractivity contribution is 5.85. The van der Waals surface area contributed by atoms with Gasteiger partial charge < -0.3 is 15.0 Å². The molecule has 1 aromatic rings. The van der Waals surface area contributed by atoms with Gasteiger partial charge in [-0.1, -0.05) is 18.2 Å². The number of rotatable bonds is 4. The zero-order chi connectivity index (χ0) is 16.3. The molecule has 6 nitrogen and oxygen atoms in total. The molecule has 0 aromatic heterocycles. The lowest BCUT2D eigenvalue weighted by Crippen LogP contribution is -2.45. The molecule has 22 heavy (non-hydrogen) atoms. The Morgan fingerprint density at radius 2 is 2.05 bits per heavy atom. The highest BCUT2D eigenvalue weighted by Gasteiger charge is 2.21. The monoisotopic (exact) mass is 305 g/mol. The summed E-state index contributed by atoms with van der Waals surface area (Å²) in [6.07, 6.45) is -0.602. The van der Waals surface area contributed by atoms with Crippen LogP contribution >= 0.6 is 0 Å². The third-order valence-corrected chi connectivity index (χ3v) is 3.84. The van der Waals surface area contributed by atoms with E-state index in [4.69, 9.17) is 0 Å². The first kappa shape index (κ1) is 16.3. The molecule has 1 aliphatic rings. The topological polar surface area (TPSA) is 61.9 Å². The van der Waals surface area contributed by atoms with Crippen LogP contribution in [-0.4, -0.2) is 49.0 Å². The summed E-state index contributed by atoms with van der Waals surface area (Å²) in [6, 6.07) is 5.72. The van der Waals surface area contributed by atoms with Gasteiger partial charge in [0.1, 0.15) is 6.04 Å². The number of carbonyl (C=O) groups excluding carboxylic acids is 2. The number of nitrogens with zero attached hydrogens (tertiary/aromatic N) is 2. The third-order valence-electron chi connectivity index (χ3n) is 3.84. The van der Waals surface area contributed by atoms with Crippen LogP contribution in [0.15, 0.2) is 18.2 Å². The highest BCUT2D eigenvalue weighted by Crippen LogP contribution is 2.22. The van der Waals surface area contributed by atoms with Gasteiger partial charge in [-0.05, 0) is 30.7 Å². The van der Waals surface area contributed by atoms with Gasteiger partial charge in [0.15, 0.2) is 0 Å². The molecule has 2 amide bonds. The molecule has 1 atom stereocenters. The molecular weight excluding hydrogens is 282 g/mol. The minimum absolute atomic E-state index is 0.150. The van der Waals surface area contributed by atoms with E-state index in [-0.39, 0.29) is 5.91 Å². The molecule has 0 spiro atoms. The quantitative estimate of drug-likeness (QED) is 0.912. The van der Waals surface area contributed by atoms with E-state index < -0.39 is 12.1 Å². The molecule has 1 unspecified atom stereocenters. The van der Waals surface area contributed by atoms with Crippen molar-refractivity contribution in [2.75, 3.05) is 21.2 Å². The molecule has 0 bridgehead atoms. The number of benzene rings is 1. The van der Waals surface area contributed by atoms with Gasteiger partial charge in [0.25, 0.3) is 0 Å². The lowest BCUT2D eigenvalue weighted by molar-refractivity contribution is -0.132. The average molecular weight is 305 g/mol. The molecule has 6 heteroatoms. The second-order valence-electron chi connectivity index (χ2n) is 5.83. The maximum atomic E-state index is 12.2. The fourth-order valence-corrected chi connectivity index (χ4v) is 2.70. The second-order valence-corrected chi connectivity index (χ2v) is 5.83. The number of nitrogens with one attached hydrogen (secondary N) is 1. The van der Waals surface area contributed by atoms with Gasteiger partial charge in [-0.2, -0.15) is 0 Å². The molecule has 120 valence electrons. The smallest absolute Gasteiger partial charge is 0.407 e. The van der Waals surface area contributed by atoms with Crippen LogP contribution in [0.1, 0.15) is 23.6 Å². The number of amides is 2. The summed E-state index contributed by atoms with van der Waals surface area (Å²) in [5.74, 6) is -0.150.